The number of hydrogen-bond acceptors (Lipinski definition) is 4. The summed E-state index contributed by atoms with van der Waals surface area (Å²) in [7, 11) is 0. The molecule has 0 heterocycles. The van der Waals surface area contributed by atoms with Gasteiger partial charge in [-0.05, 0) is 36.6 Å². The van der Waals surface area contributed by atoms with Gasteiger partial charge in [-0.3, -0.25) is 4.79 Å². The van der Waals surface area contributed by atoms with Gasteiger partial charge in [-0.2, -0.15) is 0 Å². The third kappa shape index (κ3) is 4.35. The Balaban J connectivity index is 3.01. The second-order valence-electron chi connectivity index (χ2n) is 6.74. The molecule has 0 radical (unpaired) electrons. The lowest BCUT2D eigenvalue weighted by Crippen LogP contribution is -2.62. The van der Waals surface area contributed by atoms with E-state index in [9.17, 15) is 4.79 Å². The number of hydrogen-bond donors (Lipinski definition) is 1. The van der Waals surface area contributed by atoms with E-state index in [0.29, 0.717) is 19.7 Å². The Morgan fingerprint density at radius 1 is 1.48 bits per heavy atom. The number of esters is 1. The zero-order chi connectivity index (χ0) is 15.9. The molecular weight excluding hydrogens is 268 g/mol. The molecule has 0 aromatic heterocycles. The number of ether oxygens (including phenoxy) is 1. The lowest BCUT2D eigenvalue weighted by molar-refractivity contribution is -0.158. The van der Waals surface area contributed by atoms with Gasteiger partial charge in [0.1, 0.15) is 5.54 Å². The third-order valence-corrected chi connectivity index (χ3v) is 4.31. The lowest BCUT2D eigenvalue weighted by atomic mass is 9.62. The Labute approximate surface area is 127 Å². The molecule has 1 N–H and O–H groups in total. The summed E-state index contributed by atoms with van der Waals surface area (Å²) >= 11 is 0. The summed E-state index contributed by atoms with van der Waals surface area (Å²) in [6.45, 7) is 9.57. The minimum Gasteiger partial charge on any atom is -0.465 e. The van der Waals surface area contributed by atoms with Crippen LogP contribution in [0.25, 0.3) is 10.4 Å². The van der Waals surface area contributed by atoms with Gasteiger partial charge in [-0.25, -0.2) is 0 Å². The molecule has 0 amide bonds. The van der Waals surface area contributed by atoms with Crippen LogP contribution in [0.3, 0.4) is 0 Å². The highest BCUT2D eigenvalue weighted by molar-refractivity contribution is 5.81. The molecular formula is C15H28N4O2. The normalized spacial score (nSPS) is 26.0. The zero-order valence-electron chi connectivity index (χ0n) is 13.7. The number of nitrogens with one attached hydrogen (secondary N) is 1. The van der Waals surface area contributed by atoms with Crippen LogP contribution in [0.15, 0.2) is 5.11 Å². The van der Waals surface area contributed by atoms with Gasteiger partial charge in [0.2, 0.25) is 0 Å². The van der Waals surface area contributed by atoms with Crippen LogP contribution in [0, 0.1) is 11.3 Å². The van der Waals surface area contributed by atoms with Crippen LogP contribution in [0.2, 0.25) is 0 Å². The molecule has 120 valence electrons. The molecule has 0 aromatic rings. The van der Waals surface area contributed by atoms with E-state index in [2.05, 4.69) is 36.1 Å². The Kier molecular flexibility index (Phi) is 6.49. The molecule has 1 aliphatic rings. The number of nitrogens with zero attached hydrogens (tertiary/aromatic N) is 3. The number of rotatable bonds is 6. The van der Waals surface area contributed by atoms with Gasteiger partial charge in [0, 0.05) is 18.0 Å². The first-order valence-corrected chi connectivity index (χ1v) is 7.81. The molecule has 21 heavy (non-hydrogen) atoms. The summed E-state index contributed by atoms with van der Waals surface area (Å²) in [6.07, 6.45) is 3.95. The minimum absolute atomic E-state index is 0.0126. The van der Waals surface area contributed by atoms with Crippen molar-refractivity contribution in [2.75, 3.05) is 19.7 Å². The highest BCUT2D eigenvalue weighted by Crippen LogP contribution is 2.45. The first kappa shape index (κ1) is 17.8. The third-order valence-electron chi connectivity index (χ3n) is 4.31. The Morgan fingerprint density at radius 3 is 2.76 bits per heavy atom. The van der Waals surface area contributed by atoms with Crippen LogP contribution in [0.1, 0.15) is 53.4 Å². The van der Waals surface area contributed by atoms with E-state index in [1.807, 2.05) is 6.92 Å². The predicted octanol–water partition coefficient (Wildman–Crippen LogP) is 3.42. The highest BCUT2D eigenvalue weighted by atomic mass is 16.5. The molecule has 0 aliphatic heterocycles. The maximum atomic E-state index is 12.7. The fourth-order valence-electron chi connectivity index (χ4n) is 3.51. The van der Waals surface area contributed by atoms with Crippen molar-refractivity contribution in [1.82, 2.24) is 5.32 Å². The predicted molar refractivity (Wildman–Crippen MR) is 82.8 cm³/mol. The molecule has 0 aromatic carbocycles. The zero-order valence-corrected chi connectivity index (χ0v) is 13.7. The minimum atomic E-state index is -0.655. The fourth-order valence-corrected chi connectivity index (χ4v) is 3.51. The first-order valence-electron chi connectivity index (χ1n) is 7.81. The van der Waals surface area contributed by atoms with Crippen LogP contribution in [0.5, 0.6) is 0 Å². The SMILES string of the molecule is CCOC(=O)C1(NCCN=[N+]=[N-])CCCCC1C(C)(C)C. The molecule has 1 aliphatic carbocycles. The van der Waals surface area contributed by atoms with Crippen molar-refractivity contribution in [2.45, 2.75) is 58.9 Å². The average molecular weight is 296 g/mol. The molecule has 0 spiro atoms. The summed E-state index contributed by atoms with van der Waals surface area (Å²) in [4.78, 5) is 15.4. The van der Waals surface area contributed by atoms with E-state index in [0.717, 1.165) is 25.7 Å². The standard InChI is InChI=1S/C15H28N4O2/c1-5-21-13(20)15(17-10-11-18-19-16)9-7-6-8-12(15)14(2,3)4/h12,17H,5-11H2,1-4H3. The second-order valence-corrected chi connectivity index (χ2v) is 6.74. The van der Waals surface area contributed by atoms with Gasteiger partial charge in [0.15, 0.2) is 0 Å². The average Bonchev–Trinajstić information content (AvgIpc) is 2.43. The molecule has 0 saturated heterocycles. The second kappa shape index (κ2) is 7.66. The number of azide groups is 1. The largest absolute Gasteiger partial charge is 0.465 e. The van der Waals surface area contributed by atoms with E-state index in [4.69, 9.17) is 10.3 Å². The first-order chi connectivity index (χ1) is 9.88. The van der Waals surface area contributed by atoms with Crippen molar-refractivity contribution < 1.29 is 9.53 Å². The van der Waals surface area contributed by atoms with Crippen LogP contribution in [-0.4, -0.2) is 31.2 Å². The molecule has 1 fully saturated rings. The topological polar surface area (TPSA) is 87.1 Å². The summed E-state index contributed by atoms with van der Waals surface area (Å²) in [5.41, 5.74) is 7.74. The lowest BCUT2D eigenvalue weighted by Gasteiger charge is -2.48. The quantitative estimate of drug-likeness (QED) is 0.268. The van der Waals surface area contributed by atoms with Crippen LogP contribution in [0.4, 0.5) is 0 Å². The molecule has 1 rings (SSSR count). The van der Waals surface area contributed by atoms with Gasteiger partial charge in [-0.1, -0.05) is 38.7 Å². The molecule has 0 bridgehead atoms. The van der Waals surface area contributed by atoms with Crippen LogP contribution < -0.4 is 5.32 Å². The highest BCUT2D eigenvalue weighted by Gasteiger charge is 2.51. The summed E-state index contributed by atoms with van der Waals surface area (Å²) in [5, 5.41) is 6.92. The van der Waals surface area contributed by atoms with E-state index >= 15 is 0 Å². The molecule has 6 heteroatoms. The summed E-state index contributed by atoms with van der Waals surface area (Å²) < 4.78 is 5.36. The molecule has 2 atom stereocenters. The number of carbonyl (C=O) groups excluding carboxylic acids is 1. The fraction of sp³-hybridized carbons (Fsp3) is 0.933. The van der Waals surface area contributed by atoms with Crippen molar-refractivity contribution in [3.05, 3.63) is 10.4 Å². The van der Waals surface area contributed by atoms with Crippen molar-refractivity contribution in [1.29, 1.82) is 0 Å². The van der Waals surface area contributed by atoms with Crippen molar-refractivity contribution in [2.24, 2.45) is 16.4 Å². The summed E-state index contributed by atoms with van der Waals surface area (Å²) in [6, 6.07) is 0. The Hall–Kier alpha value is -1.26. The van der Waals surface area contributed by atoms with E-state index < -0.39 is 5.54 Å². The van der Waals surface area contributed by atoms with Crippen LogP contribution in [-0.2, 0) is 9.53 Å². The van der Waals surface area contributed by atoms with Gasteiger partial charge in [-0.15, -0.1) is 0 Å². The van der Waals surface area contributed by atoms with E-state index in [1.165, 1.54) is 0 Å². The molecule has 2 unspecified atom stereocenters. The maximum absolute atomic E-state index is 12.7. The van der Waals surface area contributed by atoms with Gasteiger partial charge in [0.05, 0.1) is 6.61 Å². The van der Waals surface area contributed by atoms with Crippen molar-refractivity contribution in [3.63, 3.8) is 0 Å². The van der Waals surface area contributed by atoms with Gasteiger partial charge in [0.25, 0.3) is 0 Å². The Bertz CT molecular complexity index is 399. The van der Waals surface area contributed by atoms with E-state index in [1.54, 1.807) is 0 Å². The number of carbonyl (C=O) groups is 1. The van der Waals surface area contributed by atoms with Crippen LogP contribution >= 0.6 is 0 Å². The van der Waals surface area contributed by atoms with Crippen molar-refractivity contribution in [3.8, 4) is 0 Å². The Morgan fingerprint density at radius 2 is 2.19 bits per heavy atom. The maximum Gasteiger partial charge on any atom is 0.326 e. The van der Waals surface area contributed by atoms with E-state index in [-0.39, 0.29) is 17.3 Å². The summed E-state index contributed by atoms with van der Waals surface area (Å²) in [5.74, 6) is 0.0504. The van der Waals surface area contributed by atoms with Gasteiger partial charge < -0.3 is 10.1 Å². The molecule has 6 nitrogen and oxygen atoms in total. The van der Waals surface area contributed by atoms with Gasteiger partial charge >= 0.3 is 5.97 Å². The monoisotopic (exact) mass is 296 g/mol. The molecule has 1 saturated carbocycles. The smallest absolute Gasteiger partial charge is 0.326 e. The van der Waals surface area contributed by atoms with Crippen molar-refractivity contribution >= 4 is 5.97 Å².